The van der Waals surface area contributed by atoms with Gasteiger partial charge in [0.2, 0.25) is 5.91 Å². The van der Waals surface area contributed by atoms with Crippen molar-refractivity contribution in [1.82, 2.24) is 20.1 Å². The number of hydrogen-bond acceptors (Lipinski definition) is 6. The molecule has 8 nitrogen and oxygen atoms in total. The molecule has 0 saturated carbocycles. The van der Waals surface area contributed by atoms with Crippen LogP contribution in [-0.2, 0) is 11.8 Å². The van der Waals surface area contributed by atoms with Crippen LogP contribution in [0.15, 0.2) is 53.7 Å². The summed E-state index contributed by atoms with van der Waals surface area (Å²) in [5, 5.41) is 15.3. The van der Waals surface area contributed by atoms with Crippen molar-refractivity contribution < 1.29 is 14.3 Å². The van der Waals surface area contributed by atoms with Gasteiger partial charge in [-0.2, -0.15) is 0 Å². The van der Waals surface area contributed by atoms with Crippen molar-refractivity contribution in [2.45, 2.75) is 44.8 Å². The third-order valence-electron chi connectivity index (χ3n) is 5.64. The Bertz CT molecular complexity index is 1160. The minimum absolute atomic E-state index is 0.0776. The molecule has 3 rings (SSSR count). The largest absolute Gasteiger partial charge is 0.497 e. The average Bonchev–Trinajstić information content (AvgIpc) is 3.20. The van der Waals surface area contributed by atoms with Crippen molar-refractivity contribution in [3.63, 3.8) is 0 Å². The van der Waals surface area contributed by atoms with Gasteiger partial charge in [-0.15, -0.1) is 10.2 Å². The van der Waals surface area contributed by atoms with Crippen LogP contribution in [0.25, 0.3) is 0 Å². The number of amides is 2. The fraction of sp³-hybridized carbons (Fsp3) is 0.385. The first kappa shape index (κ1) is 26.3. The Morgan fingerprint density at radius 2 is 1.71 bits per heavy atom. The molecule has 0 bridgehead atoms. The lowest BCUT2D eigenvalue weighted by Gasteiger charge is -2.21. The van der Waals surface area contributed by atoms with E-state index in [1.807, 2.05) is 49.7 Å². The molecule has 2 aromatic carbocycles. The molecule has 1 heterocycles. The van der Waals surface area contributed by atoms with Gasteiger partial charge in [0.05, 0.1) is 18.9 Å². The van der Waals surface area contributed by atoms with E-state index in [0.717, 1.165) is 11.3 Å². The summed E-state index contributed by atoms with van der Waals surface area (Å²) < 4.78 is 6.99. The minimum atomic E-state index is -0.344. The molecule has 0 radical (unpaired) electrons. The number of methoxy groups -OCH3 is 1. The van der Waals surface area contributed by atoms with Crippen LogP contribution in [0, 0.1) is 5.92 Å². The van der Waals surface area contributed by atoms with Gasteiger partial charge in [-0.05, 0) is 47.7 Å². The van der Waals surface area contributed by atoms with Crippen LogP contribution in [0.5, 0.6) is 5.75 Å². The summed E-state index contributed by atoms with van der Waals surface area (Å²) in [7, 11) is 3.43. The Hall–Kier alpha value is -3.33. The van der Waals surface area contributed by atoms with Crippen molar-refractivity contribution >= 4 is 29.3 Å². The van der Waals surface area contributed by atoms with Crippen molar-refractivity contribution in [2.75, 3.05) is 18.2 Å². The van der Waals surface area contributed by atoms with E-state index in [4.69, 9.17) is 4.74 Å². The van der Waals surface area contributed by atoms with Crippen molar-refractivity contribution in [3.05, 3.63) is 65.5 Å². The molecule has 3 aromatic rings. The molecule has 1 aromatic heterocycles. The van der Waals surface area contributed by atoms with E-state index in [0.29, 0.717) is 28.2 Å². The van der Waals surface area contributed by atoms with Gasteiger partial charge in [0, 0.05) is 18.3 Å². The minimum Gasteiger partial charge on any atom is -0.497 e. The van der Waals surface area contributed by atoms with Crippen molar-refractivity contribution in [3.8, 4) is 5.75 Å². The summed E-state index contributed by atoms with van der Waals surface area (Å²) in [6.07, 6.45) is 0. The number of anilines is 1. The number of nitrogens with zero attached hydrogens (tertiary/aromatic N) is 3. The van der Waals surface area contributed by atoms with Gasteiger partial charge in [-0.25, -0.2) is 0 Å². The molecule has 2 amide bonds. The molecule has 2 N–H and O–H groups in total. The zero-order chi connectivity index (χ0) is 25.5. The normalized spacial score (nSPS) is 12.0. The summed E-state index contributed by atoms with van der Waals surface area (Å²) in [6, 6.07) is 14.4. The highest BCUT2D eigenvalue weighted by Crippen LogP contribution is 2.26. The van der Waals surface area contributed by atoms with Crippen LogP contribution < -0.4 is 15.4 Å². The van der Waals surface area contributed by atoms with Crippen LogP contribution in [0.4, 0.5) is 5.69 Å². The monoisotopic (exact) mass is 495 g/mol. The second kappa shape index (κ2) is 11.9. The molecule has 0 unspecified atom stereocenters. The van der Waals surface area contributed by atoms with E-state index < -0.39 is 0 Å². The fourth-order valence-corrected chi connectivity index (χ4v) is 4.37. The van der Waals surface area contributed by atoms with Gasteiger partial charge < -0.3 is 19.9 Å². The lowest BCUT2D eigenvalue weighted by molar-refractivity contribution is -0.113. The summed E-state index contributed by atoms with van der Waals surface area (Å²) in [5.41, 5.74) is 2.46. The maximum atomic E-state index is 12.8. The first-order valence-electron chi connectivity index (χ1n) is 11.6. The Labute approximate surface area is 210 Å². The number of hydrogen-bond donors (Lipinski definition) is 2. The third kappa shape index (κ3) is 6.63. The molecule has 1 atom stereocenters. The van der Waals surface area contributed by atoms with Gasteiger partial charge in [0.1, 0.15) is 5.75 Å². The number of benzene rings is 2. The van der Waals surface area contributed by atoms with Crippen LogP contribution in [-0.4, -0.2) is 39.4 Å². The molecule has 186 valence electrons. The Morgan fingerprint density at radius 3 is 2.34 bits per heavy atom. The first-order chi connectivity index (χ1) is 16.7. The van der Waals surface area contributed by atoms with Crippen molar-refractivity contribution in [2.24, 2.45) is 13.0 Å². The second-order valence-electron chi connectivity index (χ2n) is 8.90. The van der Waals surface area contributed by atoms with Crippen LogP contribution in [0.3, 0.4) is 0 Å². The van der Waals surface area contributed by atoms with Crippen LogP contribution in [0.2, 0.25) is 0 Å². The predicted octanol–water partition coefficient (Wildman–Crippen LogP) is 4.81. The fourth-order valence-electron chi connectivity index (χ4n) is 3.65. The van der Waals surface area contributed by atoms with Crippen molar-refractivity contribution in [1.29, 1.82) is 0 Å². The number of carbonyl (C=O) groups excluding carboxylic acids is 2. The molecular weight excluding hydrogens is 462 g/mol. The number of nitrogens with one attached hydrogen (secondary N) is 2. The highest BCUT2D eigenvalue weighted by atomic mass is 32.2. The summed E-state index contributed by atoms with van der Waals surface area (Å²) in [5.74, 6) is 1.59. The average molecular weight is 496 g/mol. The van der Waals surface area contributed by atoms with E-state index in [1.165, 1.54) is 11.8 Å². The number of para-hydroxylation sites is 1. The number of ether oxygens (including phenoxy) is 1. The highest BCUT2D eigenvalue weighted by Gasteiger charge is 2.25. The molecule has 0 aliphatic carbocycles. The third-order valence-corrected chi connectivity index (χ3v) is 6.66. The van der Waals surface area contributed by atoms with E-state index in [9.17, 15) is 9.59 Å². The quantitative estimate of drug-likeness (QED) is 0.392. The molecule has 9 heteroatoms. The number of carbonyl (C=O) groups is 2. The number of thioether (sulfide) groups is 1. The Balaban J connectivity index is 1.67. The summed E-state index contributed by atoms with van der Waals surface area (Å²) in [4.78, 5) is 25.5. The van der Waals surface area contributed by atoms with Gasteiger partial charge in [-0.1, -0.05) is 57.7 Å². The zero-order valence-corrected chi connectivity index (χ0v) is 21.8. The van der Waals surface area contributed by atoms with Gasteiger partial charge >= 0.3 is 0 Å². The highest BCUT2D eigenvalue weighted by molar-refractivity contribution is 7.99. The SMILES string of the molecule is COc1ccc(C(=O)N[C@H](c2nnc(SCC(=O)Nc3ccccc3C(C)C)n2C)C(C)C)cc1. The smallest absolute Gasteiger partial charge is 0.251 e. The maximum Gasteiger partial charge on any atom is 0.251 e. The molecular formula is C26H33N5O3S. The molecule has 35 heavy (non-hydrogen) atoms. The summed E-state index contributed by atoms with van der Waals surface area (Å²) >= 11 is 1.31. The van der Waals surface area contributed by atoms with Crippen LogP contribution in [0.1, 0.15) is 61.4 Å². The predicted molar refractivity (Wildman–Crippen MR) is 139 cm³/mol. The standard InChI is InChI=1S/C26H33N5O3S/c1-16(2)20-9-7-8-10-21(20)27-22(32)15-35-26-30-29-24(31(26)5)23(17(3)4)28-25(33)18-11-13-19(34-6)14-12-18/h7-14,16-17,23H,15H2,1-6H3,(H,27,32)(H,28,33)/t23-/m0/s1. The first-order valence-corrected chi connectivity index (χ1v) is 12.6. The summed E-state index contributed by atoms with van der Waals surface area (Å²) in [6.45, 7) is 8.22. The van der Waals surface area contributed by atoms with E-state index in [1.54, 1.807) is 31.4 Å². The molecule has 0 saturated heterocycles. The van der Waals surface area contributed by atoms with Crippen LogP contribution >= 0.6 is 11.8 Å². The zero-order valence-electron chi connectivity index (χ0n) is 21.0. The number of rotatable bonds is 10. The van der Waals surface area contributed by atoms with Gasteiger partial charge in [-0.3, -0.25) is 9.59 Å². The number of aromatic nitrogens is 3. The molecule has 0 aliphatic heterocycles. The van der Waals surface area contributed by atoms with E-state index >= 15 is 0 Å². The van der Waals surface area contributed by atoms with E-state index in [2.05, 4.69) is 34.7 Å². The lowest BCUT2D eigenvalue weighted by Crippen LogP contribution is -2.33. The topological polar surface area (TPSA) is 98.1 Å². The molecule has 0 aliphatic rings. The van der Waals surface area contributed by atoms with Gasteiger partial charge in [0.15, 0.2) is 11.0 Å². The van der Waals surface area contributed by atoms with E-state index in [-0.39, 0.29) is 29.5 Å². The molecule has 0 fully saturated rings. The molecule has 0 spiro atoms. The second-order valence-corrected chi connectivity index (χ2v) is 9.84. The Kier molecular flexibility index (Phi) is 8.92. The Morgan fingerprint density at radius 1 is 1.03 bits per heavy atom. The lowest BCUT2D eigenvalue weighted by atomic mass is 10.0. The maximum absolute atomic E-state index is 12.8. The van der Waals surface area contributed by atoms with Gasteiger partial charge in [0.25, 0.3) is 5.91 Å².